The zero-order chi connectivity index (χ0) is 14.5. The number of carbonyl (C=O) groups is 2. The minimum atomic E-state index is -0.221. The molecular formula is C13H15N5O2. The monoisotopic (exact) mass is 273 g/mol. The number of nitrogens with one attached hydrogen (secondary N) is 2. The SMILES string of the molecule is CNC(=O)c1ccc(NC(=O)Cn2cc(N)cn2)cc1. The first-order chi connectivity index (χ1) is 9.58. The predicted molar refractivity (Wildman–Crippen MR) is 75.1 cm³/mol. The van der Waals surface area contributed by atoms with E-state index in [1.807, 2.05) is 0 Å². The fraction of sp³-hybridized carbons (Fsp3) is 0.154. The fourth-order valence-corrected chi connectivity index (χ4v) is 1.66. The smallest absolute Gasteiger partial charge is 0.251 e. The van der Waals surface area contributed by atoms with Crippen molar-refractivity contribution in [3.8, 4) is 0 Å². The molecule has 2 aromatic rings. The Kier molecular flexibility index (Phi) is 3.99. The maximum atomic E-state index is 11.8. The Hall–Kier alpha value is -2.83. The Bertz CT molecular complexity index is 618. The summed E-state index contributed by atoms with van der Waals surface area (Å²) >= 11 is 0. The van der Waals surface area contributed by atoms with Gasteiger partial charge in [0.15, 0.2) is 0 Å². The molecule has 0 saturated carbocycles. The van der Waals surface area contributed by atoms with E-state index >= 15 is 0 Å². The van der Waals surface area contributed by atoms with Crippen molar-refractivity contribution in [2.45, 2.75) is 6.54 Å². The number of nitrogens with two attached hydrogens (primary N) is 1. The van der Waals surface area contributed by atoms with Crippen molar-refractivity contribution in [1.82, 2.24) is 15.1 Å². The van der Waals surface area contributed by atoms with Crippen molar-refractivity contribution >= 4 is 23.2 Å². The summed E-state index contributed by atoms with van der Waals surface area (Å²) in [4.78, 5) is 23.1. The second-order valence-corrected chi connectivity index (χ2v) is 4.18. The van der Waals surface area contributed by atoms with Crippen molar-refractivity contribution < 1.29 is 9.59 Å². The number of hydrogen-bond donors (Lipinski definition) is 3. The number of rotatable bonds is 4. The topological polar surface area (TPSA) is 102 Å². The molecule has 2 amide bonds. The first kappa shape index (κ1) is 13.6. The minimum absolute atomic E-state index is 0.0778. The number of aromatic nitrogens is 2. The van der Waals surface area contributed by atoms with E-state index < -0.39 is 0 Å². The number of benzene rings is 1. The molecule has 0 spiro atoms. The highest BCUT2D eigenvalue weighted by Gasteiger charge is 2.06. The molecule has 0 bridgehead atoms. The van der Waals surface area contributed by atoms with E-state index in [0.717, 1.165) is 0 Å². The van der Waals surface area contributed by atoms with Crippen LogP contribution in [0.25, 0.3) is 0 Å². The van der Waals surface area contributed by atoms with Gasteiger partial charge in [-0.2, -0.15) is 5.10 Å². The zero-order valence-electron chi connectivity index (χ0n) is 11.0. The third-order valence-corrected chi connectivity index (χ3v) is 2.62. The van der Waals surface area contributed by atoms with Crippen LogP contribution in [-0.2, 0) is 11.3 Å². The van der Waals surface area contributed by atoms with Crippen molar-refractivity contribution in [3.05, 3.63) is 42.2 Å². The Morgan fingerprint density at radius 1 is 1.30 bits per heavy atom. The van der Waals surface area contributed by atoms with E-state index in [2.05, 4.69) is 15.7 Å². The van der Waals surface area contributed by atoms with Crippen LogP contribution in [0, 0.1) is 0 Å². The first-order valence-electron chi connectivity index (χ1n) is 5.98. The lowest BCUT2D eigenvalue weighted by molar-refractivity contribution is -0.116. The third kappa shape index (κ3) is 3.35. The van der Waals surface area contributed by atoms with E-state index in [9.17, 15) is 9.59 Å². The Morgan fingerprint density at radius 3 is 2.55 bits per heavy atom. The highest BCUT2D eigenvalue weighted by molar-refractivity contribution is 5.95. The summed E-state index contributed by atoms with van der Waals surface area (Å²) in [5.41, 5.74) is 7.17. The predicted octanol–water partition coefficient (Wildman–Crippen LogP) is 0.464. The lowest BCUT2D eigenvalue weighted by atomic mass is 10.2. The molecule has 7 nitrogen and oxygen atoms in total. The van der Waals surface area contributed by atoms with Crippen LogP contribution in [-0.4, -0.2) is 28.6 Å². The Balaban J connectivity index is 1.96. The van der Waals surface area contributed by atoms with Crippen LogP contribution in [0.15, 0.2) is 36.7 Å². The first-order valence-corrected chi connectivity index (χ1v) is 5.98. The van der Waals surface area contributed by atoms with E-state index in [1.54, 1.807) is 37.5 Å². The summed E-state index contributed by atoms with van der Waals surface area (Å²) in [7, 11) is 1.56. The molecule has 1 aromatic heterocycles. The summed E-state index contributed by atoms with van der Waals surface area (Å²) in [5, 5.41) is 9.16. The summed E-state index contributed by atoms with van der Waals surface area (Å²) in [6, 6.07) is 6.61. The average Bonchev–Trinajstić information content (AvgIpc) is 2.84. The zero-order valence-corrected chi connectivity index (χ0v) is 11.0. The van der Waals surface area contributed by atoms with E-state index in [4.69, 9.17) is 5.73 Å². The maximum Gasteiger partial charge on any atom is 0.251 e. The van der Waals surface area contributed by atoms with Crippen LogP contribution in [0.4, 0.5) is 11.4 Å². The van der Waals surface area contributed by atoms with Gasteiger partial charge >= 0.3 is 0 Å². The summed E-state index contributed by atoms with van der Waals surface area (Å²) in [5.74, 6) is -0.393. The number of anilines is 2. The van der Waals surface area contributed by atoms with E-state index in [0.29, 0.717) is 16.9 Å². The fourth-order valence-electron chi connectivity index (χ4n) is 1.66. The van der Waals surface area contributed by atoms with E-state index in [-0.39, 0.29) is 18.4 Å². The lowest BCUT2D eigenvalue weighted by Gasteiger charge is -2.06. The molecule has 7 heteroatoms. The molecule has 4 N–H and O–H groups in total. The second kappa shape index (κ2) is 5.87. The van der Waals surface area contributed by atoms with Crippen LogP contribution >= 0.6 is 0 Å². The number of amides is 2. The van der Waals surface area contributed by atoms with Gasteiger partial charge in [0.1, 0.15) is 6.54 Å². The van der Waals surface area contributed by atoms with Crippen molar-refractivity contribution in [1.29, 1.82) is 0 Å². The van der Waals surface area contributed by atoms with Crippen LogP contribution in [0.3, 0.4) is 0 Å². The largest absolute Gasteiger partial charge is 0.396 e. The molecule has 0 atom stereocenters. The van der Waals surface area contributed by atoms with E-state index in [1.165, 1.54) is 10.9 Å². The van der Waals surface area contributed by atoms with Crippen molar-refractivity contribution in [2.75, 3.05) is 18.1 Å². The highest BCUT2D eigenvalue weighted by atomic mass is 16.2. The molecule has 20 heavy (non-hydrogen) atoms. The van der Waals surface area contributed by atoms with Gasteiger partial charge in [0, 0.05) is 24.5 Å². The minimum Gasteiger partial charge on any atom is -0.396 e. The van der Waals surface area contributed by atoms with Gasteiger partial charge in [0.05, 0.1) is 11.9 Å². The molecule has 1 aromatic carbocycles. The molecule has 0 aliphatic carbocycles. The maximum absolute atomic E-state index is 11.8. The molecule has 1 heterocycles. The average molecular weight is 273 g/mol. The summed E-state index contributed by atoms with van der Waals surface area (Å²) in [6.45, 7) is 0.0778. The molecule has 0 saturated heterocycles. The van der Waals surface area contributed by atoms with Crippen LogP contribution in [0.5, 0.6) is 0 Å². The molecule has 0 aliphatic heterocycles. The highest BCUT2D eigenvalue weighted by Crippen LogP contribution is 2.09. The number of carbonyl (C=O) groups excluding carboxylic acids is 2. The molecule has 2 rings (SSSR count). The van der Waals surface area contributed by atoms with Crippen LogP contribution < -0.4 is 16.4 Å². The molecule has 0 unspecified atom stereocenters. The third-order valence-electron chi connectivity index (χ3n) is 2.62. The van der Waals surface area contributed by atoms with Gasteiger partial charge in [0.25, 0.3) is 5.91 Å². The number of nitrogen functional groups attached to an aromatic ring is 1. The van der Waals surface area contributed by atoms with Crippen LogP contribution in [0.1, 0.15) is 10.4 Å². The van der Waals surface area contributed by atoms with Gasteiger partial charge in [-0.15, -0.1) is 0 Å². The molecule has 104 valence electrons. The van der Waals surface area contributed by atoms with Gasteiger partial charge in [-0.1, -0.05) is 0 Å². The lowest BCUT2D eigenvalue weighted by Crippen LogP contribution is -2.20. The summed E-state index contributed by atoms with van der Waals surface area (Å²) < 4.78 is 1.45. The van der Waals surface area contributed by atoms with Gasteiger partial charge in [-0.25, -0.2) is 0 Å². The molecule has 0 fully saturated rings. The van der Waals surface area contributed by atoms with Crippen LogP contribution in [0.2, 0.25) is 0 Å². The van der Waals surface area contributed by atoms with Gasteiger partial charge in [-0.3, -0.25) is 14.3 Å². The van der Waals surface area contributed by atoms with Crippen molar-refractivity contribution in [2.24, 2.45) is 0 Å². The quantitative estimate of drug-likeness (QED) is 0.753. The normalized spacial score (nSPS) is 10.1. The van der Waals surface area contributed by atoms with Gasteiger partial charge in [0.2, 0.25) is 5.91 Å². The van der Waals surface area contributed by atoms with Crippen molar-refractivity contribution in [3.63, 3.8) is 0 Å². The standard InChI is InChI=1S/C13H15N5O2/c1-15-13(20)9-2-4-11(5-3-9)17-12(19)8-18-7-10(14)6-16-18/h2-7H,8,14H2,1H3,(H,15,20)(H,17,19). The second-order valence-electron chi connectivity index (χ2n) is 4.18. The molecular weight excluding hydrogens is 258 g/mol. The Morgan fingerprint density at radius 2 is 2.00 bits per heavy atom. The number of hydrogen-bond acceptors (Lipinski definition) is 4. The Labute approximate surface area is 115 Å². The molecule has 0 aliphatic rings. The molecule has 0 radical (unpaired) electrons. The van der Waals surface area contributed by atoms with Gasteiger partial charge in [-0.05, 0) is 24.3 Å². The number of nitrogens with zero attached hydrogens (tertiary/aromatic N) is 2. The van der Waals surface area contributed by atoms with Gasteiger partial charge < -0.3 is 16.4 Å². The summed E-state index contributed by atoms with van der Waals surface area (Å²) in [6.07, 6.45) is 3.06.